The minimum absolute atomic E-state index is 0.128. The van der Waals surface area contributed by atoms with Crippen molar-refractivity contribution in [3.05, 3.63) is 38.3 Å². The van der Waals surface area contributed by atoms with Crippen LogP contribution < -0.4 is 0 Å². The van der Waals surface area contributed by atoms with Gasteiger partial charge < -0.3 is 15.0 Å². The lowest BCUT2D eigenvalue weighted by molar-refractivity contribution is -0.390. The first-order chi connectivity index (χ1) is 12.8. The third-order valence-electron chi connectivity index (χ3n) is 4.11. The van der Waals surface area contributed by atoms with Crippen LogP contribution in [0.2, 0.25) is 0 Å². The fourth-order valence-corrected chi connectivity index (χ4v) is 5.74. The molecule has 1 amide bonds. The van der Waals surface area contributed by atoms with Crippen molar-refractivity contribution in [2.45, 2.75) is 17.2 Å². The van der Waals surface area contributed by atoms with Gasteiger partial charge in [0.1, 0.15) is 8.68 Å². The Labute approximate surface area is 167 Å². The number of hydrogen-bond donors (Lipinski definition) is 0. The number of carbonyl (C=O) groups excluding carboxylic acids is 1. The standard InChI is InChI=1S/C14H16BrN5O5S2/c15-11-10-18(16-14(11)20(22)23)4-3-12(21)17-5-7-19(8-6-17)27(24,25)13-2-1-9-26-13/h1-2,9-10H,3-8H2. The highest BCUT2D eigenvalue weighted by molar-refractivity contribution is 9.10. The maximum atomic E-state index is 12.5. The molecule has 0 unspecified atom stereocenters. The number of piperazine rings is 1. The van der Waals surface area contributed by atoms with Gasteiger partial charge in [-0.05, 0) is 32.3 Å². The van der Waals surface area contributed by atoms with Gasteiger partial charge in [-0.2, -0.15) is 8.99 Å². The average molecular weight is 478 g/mol. The molecule has 2 aromatic rings. The molecule has 0 bridgehead atoms. The smallest absolute Gasteiger partial charge is 0.358 e. The first-order valence-electron chi connectivity index (χ1n) is 7.98. The highest BCUT2D eigenvalue weighted by Crippen LogP contribution is 2.23. The minimum atomic E-state index is -3.50. The Kier molecular flexibility index (Phi) is 5.93. The molecular formula is C14H16BrN5O5S2. The van der Waals surface area contributed by atoms with Crippen LogP contribution in [-0.2, 0) is 21.4 Å². The van der Waals surface area contributed by atoms with Crippen molar-refractivity contribution >= 4 is 49.0 Å². The number of halogens is 1. The number of carbonyl (C=O) groups is 1. The van der Waals surface area contributed by atoms with Gasteiger partial charge in [0.2, 0.25) is 5.91 Å². The summed E-state index contributed by atoms with van der Waals surface area (Å²) in [5.41, 5.74) is 0. The number of aromatic nitrogens is 2. The molecule has 0 radical (unpaired) electrons. The summed E-state index contributed by atoms with van der Waals surface area (Å²) < 4.78 is 28.3. The summed E-state index contributed by atoms with van der Waals surface area (Å²) in [5.74, 6) is -0.438. The highest BCUT2D eigenvalue weighted by Gasteiger charge is 2.30. The van der Waals surface area contributed by atoms with E-state index in [9.17, 15) is 23.3 Å². The van der Waals surface area contributed by atoms with E-state index in [0.29, 0.717) is 17.3 Å². The van der Waals surface area contributed by atoms with Crippen molar-refractivity contribution in [3.63, 3.8) is 0 Å². The number of rotatable bonds is 6. The third kappa shape index (κ3) is 4.36. The Morgan fingerprint density at radius 1 is 1.33 bits per heavy atom. The zero-order valence-electron chi connectivity index (χ0n) is 14.0. The zero-order valence-corrected chi connectivity index (χ0v) is 17.2. The van der Waals surface area contributed by atoms with Crippen molar-refractivity contribution in [1.29, 1.82) is 0 Å². The number of aryl methyl sites for hydroxylation is 1. The summed E-state index contributed by atoms with van der Waals surface area (Å²) in [7, 11) is -3.50. The van der Waals surface area contributed by atoms with E-state index in [1.54, 1.807) is 22.4 Å². The van der Waals surface area contributed by atoms with E-state index in [0.717, 1.165) is 0 Å². The van der Waals surface area contributed by atoms with Crippen molar-refractivity contribution < 1.29 is 18.1 Å². The summed E-state index contributed by atoms with van der Waals surface area (Å²) in [6, 6.07) is 3.26. The number of hydrogen-bond acceptors (Lipinski definition) is 7. The molecule has 27 heavy (non-hydrogen) atoms. The van der Waals surface area contributed by atoms with Gasteiger partial charge in [-0.3, -0.25) is 4.79 Å². The molecule has 3 heterocycles. The van der Waals surface area contributed by atoms with E-state index in [4.69, 9.17) is 0 Å². The molecule has 1 aliphatic heterocycles. The van der Waals surface area contributed by atoms with Crippen LogP contribution in [0.1, 0.15) is 6.42 Å². The Balaban J connectivity index is 1.53. The molecule has 10 nitrogen and oxygen atoms in total. The summed E-state index contributed by atoms with van der Waals surface area (Å²) in [6.07, 6.45) is 1.58. The van der Waals surface area contributed by atoms with E-state index in [-0.39, 0.29) is 42.3 Å². The monoisotopic (exact) mass is 477 g/mol. The van der Waals surface area contributed by atoms with Crippen LogP contribution in [0.4, 0.5) is 5.82 Å². The van der Waals surface area contributed by atoms with Gasteiger partial charge in [0.15, 0.2) is 0 Å². The lowest BCUT2D eigenvalue weighted by Crippen LogP contribution is -2.50. The largest absolute Gasteiger partial charge is 0.404 e. The van der Waals surface area contributed by atoms with E-state index in [2.05, 4.69) is 21.0 Å². The van der Waals surface area contributed by atoms with Gasteiger partial charge in [-0.25, -0.2) is 8.42 Å². The zero-order chi connectivity index (χ0) is 19.6. The number of nitrogens with zero attached hydrogens (tertiary/aromatic N) is 5. The van der Waals surface area contributed by atoms with Gasteiger partial charge in [0.05, 0.1) is 17.8 Å². The van der Waals surface area contributed by atoms with E-state index >= 15 is 0 Å². The SMILES string of the molecule is O=C(CCn1cc(Br)c([N+](=O)[O-])n1)N1CCN(S(=O)(=O)c2cccs2)CC1. The molecule has 0 aromatic carbocycles. The van der Waals surface area contributed by atoms with Crippen molar-refractivity contribution in [2.75, 3.05) is 26.2 Å². The molecule has 0 aliphatic carbocycles. The molecule has 2 aromatic heterocycles. The molecule has 0 spiro atoms. The summed E-state index contributed by atoms with van der Waals surface area (Å²) in [6.45, 7) is 1.31. The van der Waals surface area contributed by atoms with Gasteiger partial charge >= 0.3 is 5.82 Å². The maximum absolute atomic E-state index is 12.5. The molecule has 13 heteroatoms. The molecule has 146 valence electrons. The van der Waals surface area contributed by atoms with E-state index in [1.165, 1.54) is 26.5 Å². The van der Waals surface area contributed by atoms with Gasteiger partial charge in [-0.15, -0.1) is 11.3 Å². The third-order valence-corrected chi connectivity index (χ3v) is 7.94. The van der Waals surface area contributed by atoms with Gasteiger partial charge in [-0.1, -0.05) is 6.07 Å². The predicted octanol–water partition coefficient (Wildman–Crippen LogP) is 1.54. The topological polar surface area (TPSA) is 119 Å². The van der Waals surface area contributed by atoms with Crippen LogP contribution in [0.5, 0.6) is 0 Å². The molecule has 1 fully saturated rings. The van der Waals surface area contributed by atoms with Crippen LogP contribution in [0.3, 0.4) is 0 Å². The summed E-state index contributed by atoms with van der Waals surface area (Å²) in [5, 5.41) is 16.3. The molecule has 1 aliphatic rings. The Morgan fingerprint density at radius 3 is 2.59 bits per heavy atom. The van der Waals surface area contributed by atoms with E-state index < -0.39 is 14.9 Å². The van der Waals surface area contributed by atoms with Crippen molar-refractivity contribution in [3.8, 4) is 0 Å². The fourth-order valence-electron chi connectivity index (χ4n) is 2.71. The van der Waals surface area contributed by atoms with Crippen LogP contribution in [0.25, 0.3) is 0 Å². The fraction of sp³-hybridized carbons (Fsp3) is 0.429. The second-order valence-electron chi connectivity index (χ2n) is 5.79. The second kappa shape index (κ2) is 8.04. The van der Waals surface area contributed by atoms with Crippen LogP contribution in [-0.4, -0.2) is 64.4 Å². The predicted molar refractivity (Wildman–Crippen MR) is 101 cm³/mol. The first kappa shape index (κ1) is 19.9. The highest BCUT2D eigenvalue weighted by atomic mass is 79.9. The number of nitro groups is 1. The summed E-state index contributed by atoms with van der Waals surface area (Å²) in [4.78, 5) is 24.1. The van der Waals surface area contributed by atoms with Crippen molar-refractivity contribution in [2.24, 2.45) is 0 Å². The molecular weight excluding hydrogens is 462 g/mol. The van der Waals surface area contributed by atoms with Gasteiger partial charge in [0, 0.05) is 32.6 Å². The summed E-state index contributed by atoms with van der Waals surface area (Å²) >= 11 is 4.23. The van der Waals surface area contributed by atoms with Crippen molar-refractivity contribution in [1.82, 2.24) is 19.0 Å². The lowest BCUT2D eigenvalue weighted by atomic mass is 10.3. The molecule has 0 atom stereocenters. The quantitative estimate of drug-likeness (QED) is 0.459. The maximum Gasteiger partial charge on any atom is 0.404 e. The first-order valence-corrected chi connectivity index (χ1v) is 11.1. The number of thiophene rings is 1. The molecule has 0 N–H and O–H groups in total. The average Bonchev–Trinajstić information content (AvgIpc) is 3.30. The molecule has 0 saturated carbocycles. The number of amides is 1. The lowest BCUT2D eigenvalue weighted by Gasteiger charge is -2.33. The van der Waals surface area contributed by atoms with Crippen LogP contribution in [0, 0.1) is 10.1 Å². The Bertz CT molecular complexity index is 935. The van der Waals surface area contributed by atoms with E-state index in [1.807, 2.05) is 0 Å². The van der Waals surface area contributed by atoms with Crippen LogP contribution >= 0.6 is 27.3 Å². The van der Waals surface area contributed by atoms with Gasteiger partial charge in [0.25, 0.3) is 10.0 Å². The Morgan fingerprint density at radius 2 is 2.04 bits per heavy atom. The van der Waals surface area contributed by atoms with Crippen LogP contribution in [0.15, 0.2) is 32.4 Å². The Hall–Kier alpha value is -1.83. The normalized spacial score (nSPS) is 15.8. The molecule has 1 saturated heterocycles. The second-order valence-corrected chi connectivity index (χ2v) is 9.75. The minimum Gasteiger partial charge on any atom is -0.358 e. The molecule has 3 rings (SSSR count). The number of sulfonamides is 1.